The van der Waals surface area contributed by atoms with Crippen molar-refractivity contribution in [2.45, 2.75) is 31.5 Å². The molecule has 1 aromatic rings. The van der Waals surface area contributed by atoms with E-state index in [1.165, 1.54) is 0 Å². The van der Waals surface area contributed by atoms with E-state index in [0.29, 0.717) is 26.1 Å². The van der Waals surface area contributed by atoms with E-state index in [-0.39, 0.29) is 25.0 Å². The van der Waals surface area contributed by atoms with Crippen LogP contribution in [-0.2, 0) is 27.3 Å². The molecule has 2 unspecified atom stereocenters. The van der Waals surface area contributed by atoms with Crippen molar-refractivity contribution < 1.29 is 19.4 Å². The lowest BCUT2D eigenvalue weighted by atomic mass is 10.0. The van der Waals surface area contributed by atoms with E-state index < -0.39 is 12.0 Å². The Kier molecular flexibility index (Phi) is 3.89. The Morgan fingerprint density at radius 3 is 3.19 bits per heavy atom. The quantitative estimate of drug-likeness (QED) is 0.668. The molecule has 1 aromatic heterocycles. The van der Waals surface area contributed by atoms with Gasteiger partial charge in [0.25, 0.3) is 0 Å². The molecule has 2 atom stereocenters. The fourth-order valence-electron chi connectivity index (χ4n) is 2.86. The Morgan fingerprint density at radius 2 is 2.38 bits per heavy atom. The van der Waals surface area contributed by atoms with Gasteiger partial charge in [-0.25, -0.2) is 4.98 Å². The molecule has 1 amide bonds. The standard InChI is InChI=1S/C13H18N4O4/c18-12(19)3-8-6-21-2-1-17(8)13(20)10-4-9-11(5-14-10)16-7-15-9/h7-8,10,14H,1-6H2,(H,15,16)(H,18,19). The number of aliphatic carboxylic acids is 1. The second kappa shape index (κ2) is 5.82. The Morgan fingerprint density at radius 1 is 1.52 bits per heavy atom. The second-order valence-electron chi connectivity index (χ2n) is 5.32. The smallest absolute Gasteiger partial charge is 0.305 e. The predicted molar refractivity (Wildman–Crippen MR) is 71.5 cm³/mol. The highest BCUT2D eigenvalue weighted by molar-refractivity contribution is 5.83. The Balaban J connectivity index is 1.70. The van der Waals surface area contributed by atoms with Crippen LogP contribution in [0.25, 0.3) is 0 Å². The lowest BCUT2D eigenvalue weighted by molar-refractivity contribution is -0.147. The average molecular weight is 294 g/mol. The van der Waals surface area contributed by atoms with Crippen molar-refractivity contribution in [2.24, 2.45) is 0 Å². The highest BCUT2D eigenvalue weighted by Crippen LogP contribution is 2.17. The summed E-state index contributed by atoms with van der Waals surface area (Å²) in [6, 6.07) is -0.749. The molecule has 0 spiro atoms. The molecule has 3 N–H and O–H groups in total. The molecule has 2 aliphatic rings. The number of rotatable bonds is 3. The van der Waals surface area contributed by atoms with Crippen LogP contribution in [-0.4, -0.2) is 63.7 Å². The van der Waals surface area contributed by atoms with Gasteiger partial charge in [-0.05, 0) is 0 Å². The van der Waals surface area contributed by atoms with E-state index in [0.717, 1.165) is 11.4 Å². The molecule has 0 bridgehead atoms. The maximum absolute atomic E-state index is 12.7. The van der Waals surface area contributed by atoms with Crippen LogP contribution in [0.2, 0.25) is 0 Å². The number of hydrogen-bond donors (Lipinski definition) is 3. The van der Waals surface area contributed by atoms with Crippen molar-refractivity contribution in [3.8, 4) is 0 Å². The van der Waals surface area contributed by atoms with Gasteiger partial charge < -0.3 is 19.7 Å². The maximum atomic E-state index is 12.7. The number of amides is 1. The molecule has 21 heavy (non-hydrogen) atoms. The number of hydrogen-bond acceptors (Lipinski definition) is 5. The number of carboxylic acid groups (broad SMARTS) is 1. The molecule has 0 aliphatic carbocycles. The van der Waals surface area contributed by atoms with E-state index in [9.17, 15) is 9.59 Å². The Bertz CT molecular complexity index is 544. The number of carboxylic acids is 1. The van der Waals surface area contributed by atoms with Gasteiger partial charge in [0.05, 0.1) is 49.4 Å². The molecule has 3 heterocycles. The summed E-state index contributed by atoms with van der Waals surface area (Å²) in [6.07, 6.45) is 2.06. The van der Waals surface area contributed by atoms with Gasteiger partial charge in [0.2, 0.25) is 5.91 Å². The number of aromatic nitrogens is 2. The molecule has 0 radical (unpaired) electrons. The van der Waals surface area contributed by atoms with E-state index in [1.54, 1.807) is 11.2 Å². The molecule has 8 nitrogen and oxygen atoms in total. The molecule has 8 heteroatoms. The van der Waals surface area contributed by atoms with Crippen molar-refractivity contribution in [3.05, 3.63) is 17.7 Å². The number of nitrogens with one attached hydrogen (secondary N) is 2. The fourth-order valence-corrected chi connectivity index (χ4v) is 2.86. The third-order valence-electron chi connectivity index (χ3n) is 3.95. The van der Waals surface area contributed by atoms with Crippen LogP contribution in [0.4, 0.5) is 0 Å². The summed E-state index contributed by atoms with van der Waals surface area (Å²) in [5.41, 5.74) is 1.90. The van der Waals surface area contributed by atoms with Crippen molar-refractivity contribution in [2.75, 3.05) is 19.8 Å². The van der Waals surface area contributed by atoms with Crippen molar-refractivity contribution in [3.63, 3.8) is 0 Å². The molecule has 2 aliphatic heterocycles. The third-order valence-corrected chi connectivity index (χ3v) is 3.95. The summed E-state index contributed by atoms with van der Waals surface area (Å²) < 4.78 is 5.30. The first-order chi connectivity index (χ1) is 10.1. The summed E-state index contributed by atoms with van der Waals surface area (Å²) in [5.74, 6) is -0.993. The molecule has 3 rings (SSSR count). The normalized spacial score (nSPS) is 25.4. The van der Waals surface area contributed by atoms with Crippen LogP contribution < -0.4 is 5.32 Å². The van der Waals surface area contributed by atoms with Crippen molar-refractivity contribution in [1.29, 1.82) is 0 Å². The highest BCUT2D eigenvalue weighted by atomic mass is 16.5. The van der Waals surface area contributed by atoms with Gasteiger partial charge in [0.15, 0.2) is 0 Å². The van der Waals surface area contributed by atoms with Gasteiger partial charge in [0.1, 0.15) is 0 Å². The van der Waals surface area contributed by atoms with Crippen LogP contribution >= 0.6 is 0 Å². The van der Waals surface area contributed by atoms with Gasteiger partial charge in [-0.1, -0.05) is 0 Å². The number of morpholine rings is 1. The second-order valence-corrected chi connectivity index (χ2v) is 5.32. The number of fused-ring (bicyclic) bond motifs is 1. The maximum Gasteiger partial charge on any atom is 0.305 e. The fraction of sp³-hybridized carbons (Fsp3) is 0.615. The number of carbonyl (C=O) groups is 2. The minimum Gasteiger partial charge on any atom is -0.481 e. The van der Waals surface area contributed by atoms with Crippen LogP contribution in [0.1, 0.15) is 17.8 Å². The lowest BCUT2D eigenvalue weighted by Gasteiger charge is -2.37. The number of H-pyrrole nitrogens is 1. The number of nitrogens with zero attached hydrogens (tertiary/aromatic N) is 2. The van der Waals surface area contributed by atoms with E-state index in [4.69, 9.17) is 9.84 Å². The summed E-state index contributed by atoms with van der Waals surface area (Å²) in [4.78, 5) is 32.5. The zero-order valence-corrected chi connectivity index (χ0v) is 11.5. The third kappa shape index (κ3) is 2.91. The molecule has 1 saturated heterocycles. The molecular weight excluding hydrogens is 276 g/mol. The van der Waals surface area contributed by atoms with E-state index >= 15 is 0 Å². The Hall–Kier alpha value is -1.93. The first-order valence-electron chi connectivity index (χ1n) is 6.99. The number of aromatic amines is 1. The molecule has 0 saturated carbocycles. The zero-order valence-electron chi connectivity index (χ0n) is 11.5. The van der Waals surface area contributed by atoms with Gasteiger partial charge in [-0.3, -0.25) is 14.9 Å². The summed E-state index contributed by atoms with van der Waals surface area (Å²) in [6.45, 7) is 1.72. The summed E-state index contributed by atoms with van der Waals surface area (Å²) >= 11 is 0. The van der Waals surface area contributed by atoms with E-state index in [1.807, 2.05) is 0 Å². The van der Waals surface area contributed by atoms with Crippen LogP contribution in [0.3, 0.4) is 0 Å². The topological polar surface area (TPSA) is 108 Å². The minimum atomic E-state index is -0.922. The average Bonchev–Trinajstić information content (AvgIpc) is 2.94. The van der Waals surface area contributed by atoms with Crippen LogP contribution in [0.15, 0.2) is 6.33 Å². The SMILES string of the molecule is O=C(O)CC1COCCN1C(=O)C1Cc2nc[nH]c2CN1. The summed E-state index contributed by atoms with van der Waals surface area (Å²) in [5, 5.41) is 12.1. The van der Waals surface area contributed by atoms with Crippen LogP contribution in [0.5, 0.6) is 0 Å². The van der Waals surface area contributed by atoms with Gasteiger partial charge in [-0.2, -0.15) is 0 Å². The number of carbonyl (C=O) groups excluding carboxylic acids is 1. The molecule has 114 valence electrons. The highest BCUT2D eigenvalue weighted by Gasteiger charge is 2.35. The van der Waals surface area contributed by atoms with Gasteiger partial charge in [0, 0.05) is 19.5 Å². The first kappa shape index (κ1) is 14.0. The lowest BCUT2D eigenvalue weighted by Crippen LogP contribution is -2.56. The Labute approximate surface area is 121 Å². The predicted octanol–water partition coefficient (Wildman–Crippen LogP) is -0.874. The van der Waals surface area contributed by atoms with Crippen LogP contribution in [0, 0.1) is 0 Å². The number of ether oxygens (including phenoxy) is 1. The van der Waals surface area contributed by atoms with Gasteiger partial charge in [-0.15, -0.1) is 0 Å². The number of imidazole rings is 1. The van der Waals surface area contributed by atoms with Crippen molar-refractivity contribution >= 4 is 11.9 Å². The van der Waals surface area contributed by atoms with Gasteiger partial charge >= 0.3 is 5.97 Å². The first-order valence-corrected chi connectivity index (χ1v) is 6.99. The van der Waals surface area contributed by atoms with E-state index in [2.05, 4.69) is 15.3 Å². The molecule has 0 aromatic carbocycles. The minimum absolute atomic E-state index is 0.0711. The van der Waals surface area contributed by atoms with Crippen molar-refractivity contribution in [1.82, 2.24) is 20.2 Å². The largest absolute Gasteiger partial charge is 0.481 e. The molecule has 1 fully saturated rings. The monoisotopic (exact) mass is 294 g/mol. The zero-order chi connectivity index (χ0) is 14.8. The summed E-state index contributed by atoms with van der Waals surface area (Å²) in [7, 11) is 0. The molecular formula is C13H18N4O4.